The molecule has 0 aliphatic heterocycles. The van der Waals surface area contributed by atoms with Crippen molar-refractivity contribution in [2.45, 2.75) is 108 Å². The summed E-state index contributed by atoms with van der Waals surface area (Å²) in [7, 11) is 1.44. The van der Waals surface area contributed by atoms with Gasteiger partial charge < -0.3 is 9.64 Å². The van der Waals surface area contributed by atoms with Gasteiger partial charge in [-0.3, -0.25) is 9.59 Å². The minimum atomic E-state index is -0.231. The van der Waals surface area contributed by atoms with Gasteiger partial charge in [-0.05, 0) is 80.7 Å². The number of carbonyl (C=O) groups is 2. The minimum absolute atomic E-state index is 0.206. The van der Waals surface area contributed by atoms with Gasteiger partial charge in [0.25, 0.3) is 0 Å². The maximum Gasteiger partial charge on any atom is 0.305 e. The normalized spacial score (nSPS) is 19.6. The molecule has 2 aromatic carbocycles. The number of thioether (sulfide) groups is 1. The first-order chi connectivity index (χ1) is 18.5. The predicted molar refractivity (Wildman–Crippen MR) is 158 cm³/mol. The summed E-state index contributed by atoms with van der Waals surface area (Å²) >= 11 is 1.74. The van der Waals surface area contributed by atoms with Crippen molar-refractivity contribution in [3.8, 4) is 0 Å². The first kappa shape index (κ1) is 29.0. The zero-order valence-electron chi connectivity index (χ0n) is 23.7. The highest BCUT2D eigenvalue weighted by atomic mass is 32.2. The van der Waals surface area contributed by atoms with E-state index in [1.807, 2.05) is 0 Å². The molecule has 0 N–H and O–H groups in total. The number of carbonyl (C=O) groups excluding carboxylic acids is 2. The van der Waals surface area contributed by atoms with E-state index in [1.54, 1.807) is 11.8 Å². The summed E-state index contributed by atoms with van der Waals surface area (Å²) in [6, 6.07) is 15.4. The Labute approximate surface area is 234 Å². The van der Waals surface area contributed by atoms with Crippen molar-refractivity contribution in [1.29, 1.82) is 0 Å². The molecule has 0 aromatic heterocycles. The number of rotatable bonds is 11. The third kappa shape index (κ3) is 7.55. The zero-order valence-corrected chi connectivity index (χ0v) is 24.5. The SMILES string of the molecule is COC(=O)CCC(CSc1ccc2ccccc2c1)C(=O)N(C(C)C1CCCCC1)C(C)C1CCCCC1. The molecule has 2 aromatic rings. The topological polar surface area (TPSA) is 46.6 Å². The Kier molecular flexibility index (Phi) is 11.0. The fourth-order valence-corrected chi connectivity index (χ4v) is 7.87. The second-order valence-electron chi connectivity index (χ2n) is 11.7. The van der Waals surface area contributed by atoms with Crippen LogP contribution in [-0.2, 0) is 14.3 Å². The number of hydrogen-bond donors (Lipinski definition) is 0. The molecule has 0 heterocycles. The molecule has 4 rings (SSSR count). The number of hydrogen-bond acceptors (Lipinski definition) is 4. The van der Waals surface area contributed by atoms with Crippen LogP contribution >= 0.6 is 11.8 Å². The van der Waals surface area contributed by atoms with Gasteiger partial charge in [-0.1, -0.05) is 68.9 Å². The van der Waals surface area contributed by atoms with Crippen LogP contribution in [0.2, 0.25) is 0 Å². The molecule has 5 heteroatoms. The summed E-state index contributed by atoms with van der Waals surface area (Å²) < 4.78 is 4.97. The number of fused-ring (bicyclic) bond motifs is 1. The molecule has 2 aliphatic rings. The van der Waals surface area contributed by atoms with E-state index in [0.717, 1.165) is 0 Å². The largest absolute Gasteiger partial charge is 0.469 e. The monoisotopic (exact) mass is 537 g/mol. The Bertz CT molecular complexity index is 1020. The van der Waals surface area contributed by atoms with Crippen molar-refractivity contribution >= 4 is 34.4 Å². The Hall–Kier alpha value is -2.01. The van der Waals surface area contributed by atoms with E-state index >= 15 is 0 Å². The van der Waals surface area contributed by atoms with Gasteiger partial charge in [-0.15, -0.1) is 11.8 Å². The van der Waals surface area contributed by atoms with Gasteiger partial charge in [0, 0.05) is 35.1 Å². The third-order valence-electron chi connectivity index (χ3n) is 9.24. The lowest BCUT2D eigenvalue weighted by molar-refractivity contribution is -0.144. The van der Waals surface area contributed by atoms with Crippen LogP contribution in [0.4, 0.5) is 0 Å². The summed E-state index contributed by atoms with van der Waals surface area (Å²) in [5.74, 6) is 1.65. The van der Waals surface area contributed by atoms with Gasteiger partial charge in [-0.25, -0.2) is 0 Å². The van der Waals surface area contributed by atoms with E-state index in [4.69, 9.17) is 4.74 Å². The van der Waals surface area contributed by atoms with Gasteiger partial charge in [-0.2, -0.15) is 0 Å². The lowest BCUT2D eigenvalue weighted by Crippen LogP contribution is -2.53. The van der Waals surface area contributed by atoms with Crippen LogP contribution in [0.25, 0.3) is 10.8 Å². The summed E-state index contributed by atoms with van der Waals surface area (Å²) in [6.45, 7) is 4.61. The standard InChI is InChI=1S/C33H47NO3S/c1-24(26-12-6-4-7-13-26)34(25(2)27-14-8-5-9-15-27)33(36)30(19-21-32(35)37-3)23-38-31-20-18-28-16-10-11-17-29(28)22-31/h10-11,16-18,20,22,24-27,30H,4-9,12-15,19,21,23H2,1-3H3. The molecule has 0 radical (unpaired) electrons. The lowest BCUT2D eigenvalue weighted by atomic mass is 9.79. The molecule has 38 heavy (non-hydrogen) atoms. The molecule has 0 bridgehead atoms. The van der Waals surface area contributed by atoms with Crippen LogP contribution in [0.1, 0.15) is 90.9 Å². The lowest BCUT2D eigenvalue weighted by Gasteiger charge is -2.45. The van der Waals surface area contributed by atoms with Gasteiger partial charge >= 0.3 is 5.97 Å². The van der Waals surface area contributed by atoms with Crippen LogP contribution in [-0.4, -0.2) is 41.7 Å². The van der Waals surface area contributed by atoms with Crippen LogP contribution < -0.4 is 0 Å². The van der Waals surface area contributed by atoms with E-state index in [1.165, 1.54) is 87.0 Å². The second-order valence-corrected chi connectivity index (χ2v) is 12.7. The number of amides is 1. The zero-order chi connectivity index (χ0) is 26.9. The molecule has 2 fully saturated rings. The summed E-state index contributed by atoms with van der Waals surface area (Å²) in [5.41, 5.74) is 0. The second kappa shape index (κ2) is 14.4. The van der Waals surface area contributed by atoms with Crippen molar-refractivity contribution in [1.82, 2.24) is 4.90 Å². The third-order valence-corrected chi connectivity index (χ3v) is 10.4. The van der Waals surface area contributed by atoms with Crippen LogP contribution in [0.15, 0.2) is 47.4 Å². The Morgan fingerprint density at radius 2 is 1.45 bits per heavy atom. The van der Waals surface area contributed by atoms with E-state index in [-0.39, 0.29) is 36.3 Å². The summed E-state index contributed by atoms with van der Waals surface area (Å²) in [5, 5.41) is 2.44. The molecule has 3 unspecified atom stereocenters. The van der Waals surface area contributed by atoms with E-state index in [2.05, 4.69) is 61.2 Å². The highest BCUT2D eigenvalue weighted by Gasteiger charge is 2.38. The number of esters is 1. The smallest absolute Gasteiger partial charge is 0.305 e. The fourth-order valence-electron chi connectivity index (χ4n) is 6.80. The van der Waals surface area contributed by atoms with Crippen molar-refractivity contribution in [3.05, 3.63) is 42.5 Å². The molecular weight excluding hydrogens is 490 g/mol. The maximum absolute atomic E-state index is 14.5. The number of methoxy groups -OCH3 is 1. The van der Waals surface area contributed by atoms with Gasteiger partial charge in [0.2, 0.25) is 5.91 Å². The summed E-state index contributed by atoms with van der Waals surface area (Å²) in [4.78, 5) is 30.1. The average Bonchev–Trinajstić information content (AvgIpc) is 2.97. The Balaban J connectivity index is 1.56. The highest BCUT2D eigenvalue weighted by Crippen LogP contribution is 2.36. The first-order valence-electron chi connectivity index (χ1n) is 15.0. The minimum Gasteiger partial charge on any atom is -0.469 e. The Morgan fingerprint density at radius 3 is 2.03 bits per heavy atom. The summed E-state index contributed by atoms with van der Waals surface area (Å²) in [6.07, 6.45) is 13.5. The van der Waals surface area contributed by atoms with E-state index in [9.17, 15) is 9.59 Å². The van der Waals surface area contributed by atoms with Crippen LogP contribution in [0.5, 0.6) is 0 Å². The highest BCUT2D eigenvalue weighted by molar-refractivity contribution is 7.99. The predicted octanol–water partition coefficient (Wildman–Crippen LogP) is 8.27. The van der Waals surface area contributed by atoms with Crippen molar-refractivity contribution in [3.63, 3.8) is 0 Å². The Morgan fingerprint density at radius 1 is 0.868 bits per heavy atom. The first-order valence-corrected chi connectivity index (χ1v) is 16.0. The van der Waals surface area contributed by atoms with Crippen molar-refractivity contribution in [2.24, 2.45) is 17.8 Å². The number of ether oxygens (including phenoxy) is 1. The molecule has 2 saturated carbocycles. The quantitative estimate of drug-likeness (QED) is 0.214. The molecule has 2 aliphatic carbocycles. The van der Waals surface area contributed by atoms with Gasteiger partial charge in [0.1, 0.15) is 0 Å². The molecule has 3 atom stereocenters. The molecule has 4 nitrogen and oxygen atoms in total. The van der Waals surface area contributed by atoms with Crippen molar-refractivity contribution in [2.75, 3.05) is 12.9 Å². The number of nitrogens with zero attached hydrogens (tertiary/aromatic N) is 1. The van der Waals surface area contributed by atoms with E-state index < -0.39 is 0 Å². The van der Waals surface area contributed by atoms with Gasteiger partial charge in [0.05, 0.1) is 7.11 Å². The van der Waals surface area contributed by atoms with Crippen LogP contribution in [0, 0.1) is 17.8 Å². The molecule has 208 valence electrons. The molecule has 0 spiro atoms. The molecular formula is C33H47NO3S. The average molecular weight is 538 g/mol. The van der Waals surface area contributed by atoms with E-state index in [0.29, 0.717) is 24.0 Å². The molecule has 1 amide bonds. The number of benzene rings is 2. The fraction of sp³-hybridized carbons (Fsp3) is 0.636. The van der Waals surface area contributed by atoms with Crippen LogP contribution in [0.3, 0.4) is 0 Å². The van der Waals surface area contributed by atoms with Crippen molar-refractivity contribution < 1.29 is 14.3 Å². The molecule has 0 saturated heterocycles. The maximum atomic E-state index is 14.5. The van der Waals surface area contributed by atoms with Gasteiger partial charge in [0.15, 0.2) is 0 Å².